The van der Waals surface area contributed by atoms with E-state index in [-0.39, 0.29) is 34.9 Å². The molecular formula is C22H15ClF3NO2. The highest BCUT2D eigenvalue weighted by molar-refractivity contribution is 6.31. The first-order valence-corrected chi connectivity index (χ1v) is 9.00. The first-order chi connectivity index (χ1) is 13.8. The van der Waals surface area contributed by atoms with Gasteiger partial charge in [0.1, 0.15) is 23.2 Å². The van der Waals surface area contributed by atoms with Crippen LogP contribution in [0, 0.1) is 17.5 Å². The lowest BCUT2D eigenvalue weighted by molar-refractivity contribution is -0.117. The Morgan fingerprint density at radius 2 is 1.62 bits per heavy atom. The SMILES string of the molecule is O=C(Cc1cccc(F)c1)Cc1ccc(F)cc1NC(=O)c1cc(Cl)ccc1F. The monoisotopic (exact) mass is 417 g/mol. The van der Waals surface area contributed by atoms with Gasteiger partial charge in [-0.25, -0.2) is 13.2 Å². The predicted octanol–water partition coefficient (Wildman–Crippen LogP) is 5.36. The summed E-state index contributed by atoms with van der Waals surface area (Å²) in [6.07, 6.45) is -0.143. The third kappa shape index (κ3) is 5.45. The fourth-order valence-corrected chi connectivity index (χ4v) is 3.00. The van der Waals surface area contributed by atoms with Crippen molar-refractivity contribution in [2.75, 3.05) is 5.32 Å². The molecule has 7 heteroatoms. The number of benzene rings is 3. The van der Waals surface area contributed by atoms with E-state index in [1.165, 1.54) is 30.3 Å². The summed E-state index contributed by atoms with van der Waals surface area (Å²) >= 11 is 5.80. The van der Waals surface area contributed by atoms with Crippen LogP contribution in [0.2, 0.25) is 5.02 Å². The Labute approximate surface area is 170 Å². The maximum atomic E-state index is 13.9. The van der Waals surface area contributed by atoms with Gasteiger partial charge in [0.2, 0.25) is 0 Å². The van der Waals surface area contributed by atoms with Crippen LogP contribution in [0.5, 0.6) is 0 Å². The average Bonchev–Trinajstić information content (AvgIpc) is 2.66. The number of anilines is 1. The lowest BCUT2D eigenvalue weighted by Crippen LogP contribution is -2.16. The third-order valence-electron chi connectivity index (χ3n) is 4.17. The van der Waals surface area contributed by atoms with Gasteiger partial charge in [0.15, 0.2) is 0 Å². The highest BCUT2D eigenvalue weighted by Gasteiger charge is 2.16. The number of hydrogen-bond acceptors (Lipinski definition) is 2. The molecule has 0 aliphatic rings. The minimum absolute atomic E-state index is 0.0224. The van der Waals surface area contributed by atoms with E-state index in [0.717, 1.165) is 24.3 Å². The van der Waals surface area contributed by atoms with Crippen LogP contribution in [-0.2, 0) is 17.6 Å². The fraction of sp³-hybridized carbons (Fsp3) is 0.0909. The molecule has 1 N–H and O–H groups in total. The van der Waals surface area contributed by atoms with Crippen molar-refractivity contribution in [1.29, 1.82) is 0 Å². The second-order valence-corrected chi connectivity index (χ2v) is 6.84. The van der Waals surface area contributed by atoms with E-state index >= 15 is 0 Å². The fourth-order valence-electron chi connectivity index (χ4n) is 2.83. The number of carbonyl (C=O) groups excluding carboxylic acids is 2. The molecule has 148 valence electrons. The van der Waals surface area contributed by atoms with Gasteiger partial charge in [-0.1, -0.05) is 29.8 Å². The van der Waals surface area contributed by atoms with Crippen molar-refractivity contribution in [2.45, 2.75) is 12.8 Å². The van der Waals surface area contributed by atoms with Crippen LogP contribution >= 0.6 is 11.6 Å². The van der Waals surface area contributed by atoms with Crippen LogP contribution in [0.1, 0.15) is 21.5 Å². The van der Waals surface area contributed by atoms with E-state index in [4.69, 9.17) is 11.6 Å². The Kier molecular flexibility index (Phi) is 6.34. The second-order valence-electron chi connectivity index (χ2n) is 6.40. The summed E-state index contributed by atoms with van der Waals surface area (Å²) in [6.45, 7) is 0. The topological polar surface area (TPSA) is 46.2 Å². The van der Waals surface area contributed by atoms with Gasteiger partial charge in [0.05, 0.1) is 5.56 Å². The molecule has 0 aromatic heterocycles. The minimum atomic E-state index is -0.825. The van der Waals surface area contributed by atoms with Crippen molar-refractivity contribution in [2.24, 2.45) is 0 Å². The Bertz CT molecular complexity index is 1090. The zero-order valence-corrected chi connectivity index (χ0v) is 15.8. The highest BCUT2D eigenvalue weighted by Crippen LogP contribution is 2.22. The highest BCUT2D eigenvalue weighted by atomic mass is 35.5. The standard InChI is InChI=1S/C22H15ClF3NO2/c23-15-5-7-20(26)19(11-15)22(29)27-21-12-17(25)6-4-14(21)10-18(28)9-13-2-1-3-16(24)8-13/h1-8,11-12H,9-10H2,(H,27,29). The molecular weight excluding hydrogens is 403 g/mol. The Hall–Kier alpha value is -3.12. The van der Waals surface area contributed by atoms with Crippen LogP contribution in [-0.4, -0.2) is 11.7 Å². The molecule has 0 saturated heterocycles. The molecule has 0 spiro atoms. The molecule has 0 fully saturated rings. The molecule has 3 nitrogen and oxygen atoms in total. The second kappa shape index (κ2) is 8.92. The Balaban J connectivity index is 1.79. The molecule has 0 radical (unpaired) electrons. The minimum Gasteiger partial charge on any atom is -0.322 e. The van der Waals surface area contributed by atoms with Gasteiger partial charge < -0.3 is 5.32 Å². The molecule has 0 bridgehead atoms. The number of amides is 1. The van der Waals surface area contributed by atoms with Gasteiger partial charge in [0.25, 0.3) is 5.91 Å². The third-order valence-corrected chi connectivity index (χ3v) is 4.41. The quantitative estimate of drug-likeness (QED) is 0.586. The van der Waals surface area contributed by atoms with Crippen LogP contribution in [0.4, 0.5) is 18.9 Å². The largest absolute Gasteiger partial charge is 0.322 e. The summed E-state index contributed by atoms with van der Waals surface area (Å²) in [5.41, 5.74) is 0.591. The van der Waals surface area contributed by atoms with E-state index < -0.39 is 23.4 Å². The number of hydrogen-bond donors (Lipinski definition) is 1. The average molecular weight is 418 g/mol. The number of halogens is 4. The van der Waals surface area contributed by atoms with E-state index in [2.05, 4.69) is 5.32 Å². The zero-order chi connectivity index (χ0) is 21.0. The maximum Gasteiger partial charge on any atom is 0.258 e. The van der Waals surface area contributed by atoms with Crippen LogP contribution in [0.25, 0.3) is 0 Å². The van der Waals surface area contributed by atoms with Crippen molar-refractivity contribution in [3.05, 3.63) is 99.8 Å². The van der Waals surface area contributed by atoms with Crippen molar-refractivity contribution in [3.8, 4) is 0 Å². The van der Waals surface area contributed by atoms with Gasteiger partial charge in [-0.15, -0.1) is 0 Å². The number of Topliss-reactive ketones (excluding diaryl/α,β-unsaturated/α-hetero) is 1. The van der Waals surface area contributed by atoms with Crippen LogP contribution < -0.4 is 5.32 Å². The first-order valence-electron chi connectivity index (χ1n) is 8.63. The predicted molar refractivity (Wildman–Crippen MR) is 105 cm³/mol. The maximum absolute atomic E-state index is 13.9. The summed E-state index contributed by atoms with van der Waals surface area (Å²) in [4.78, 5) is 24.8. The number of rotatable bonds is 6. The van der Waals surface area contributed by atoms with Crippen molar-refractivity contribution >= 4 is 29.0 Å². The van der Waals surface area contributed by atoms with Crippen molar-refractivity contribution in [1.82, 2.24) is 0 Å². The molecule has 3 aromatic carbocycles. The molecule has 3 aromatic rings. The summed E-state index contributed by atoms with van der Waals surface area (Å²) in [5, 5.41) is 2.59. The van der Waals surface area contributed by atoms with Gasteiger partial charge in [-0.05, 0) is 53.6 Å². The molecule has 0 aliphatic carbocycles. The number of nitrogens with one attached hydrogen (secondary N) is 1. The molecule has 3 rings (SSSR count). The van der Waals surface area contributed by atoms with Crippen molar-refractivity contribution in [3.63, 3.8) is 0 Å². The molecule has 0 atom stereocenters. The van der Waals surface area contributed by atoms with Crippen LogP contribution in [0.15, 0.2) is 60.7 Å². The van der Waals surface area contributed by atoms with Gasteiger partial charge in [0, 0.05) is 23.6 Å². The molecule has 0 saturated carbocycles. The summed E-state index contributed by atoms with van der Waals surface area (Å²) in [7, 11) is 0. The Morgan fingerprint density at radius 1 is 0.862 bits per heavy atom. The van der Waals surface area contributed by atoms with E-state index in [1.54, 1.807) is 6.07 Å². The molecule has 1 amide bonds. The molecule has 0 heterocycles. The smallest absolute Gasteiger partial charge is 0.258 e. The number of ketones is 1. The molecule has 0 aliphatic heterocycles. The Morgan fingerprint density at radius 3 is 2.38 bits per heavy atom. The molecule has 0 unspecified atom stereocenters. The molecule has 29 heavy (non-hydrogen) atoms. The van der Waals surface area contributed by atoms with Gasteiger partial charge in [-0.2, -0.15) is 0 Å². The van der Waals surface area contributed by atoms with Gasteiger partial charge >= 0.3 is 0 Å². The van der Waals surface area contributed by atoms with Crippen molar-refractivity contribution < 1.29 is 22.8 Å². The summed E-state index contributed by atoms with van der Waals surface area (Å²) in [5.74, 6) is -2.95. The number of carbonyl (C=O) groups is 2. The normalized spacial score (nSPS) is 10.6. The van der Waals surface area contributed by atoms with Crippen LogP contribution in [0.3, 0.4) is 0 Å². The van der Waals surface area contributed by atoms with E-state index in [1.807, 2.05) is 0 Å². The first kappa shape index (κ1) is 20.6. The summed E-state index contributed by atoms with van der Waals surface area (Å²) < 4.78 is 40.9. The lowest BCUT2D eigenvalue weighted by Gasteiger charge is -2.12. The zero-order valence-electron chi connectivity index (χ0n) is 15.0. The van der Waals surface area contributed by atoms with Gasteiger partial charge in [-0.3, -0.25) is 9.59 Å². The van der Waals surface area contributed by atoms with E-state index in [0.29, 0.717) is 11.1 Å². The lowest BCUT2D eigenvalue weighted by atomic mass is 10.0. The van der Waals surface area contributed by atoms with E-state index in [9.17, 15) is 22.8 Å². The summed E-state index contributed by atoms with van der Waals surface area (Å²) in [6, 6.07) is 12.7.